The standard InChI is InChI=1S/C36H71NO/c1-4-6-8-10-12-14-16-18-20-22-24-26-28-30-32-35(34(3)36(37)38)33-31-29-27-25-23-21-19-17-15-13-11-9-7-5-2/h4-33H2,1-3H3,(H2,37,38). The Kier molecular flexibility index (Phi) is 30.1. The lowest BCUT2D eigenvalue weighted by molar-refractivity contribution is -0.114. The van der Waals surface area contributed by atoms with Crippen molar-refractivity contribution in [1.29, 1.82) is 0 Å². The Morgan fingerprint density at radius 3 is 0.816 bits per heavy atom. The van der Waals surface area contributed by atoms with Crippen LogP contribution in [0.3, 0.4) is 0 Å². The Morgan fingerprint density at radius 2 is 0.605 bits per heavy atom. The highest BCUT2D eigenvalue weighted by Crippen LogP contribution is 2.22. The summed E-state index contributed by atoms with van der Waals surface area (Å²) in [6.07, 6.45) is 41.1. The van der Waals surface area contributed by atoms with Crippen LogP contribution in [0, 0.1) is 0 Å². The first-order valence-electron chi connectivity index (χ1n) is 17.6. The molecule has 2 heteroatoms. The van der Waals surface area contributed by atoms with E-state index in [9.17, 15) is 4.79 Å². The zero-order valence-corrected chi connectivity index (χ0v) is 26.7. The molecular weight excluding hydrogens is 462 g/mol. The number of hydrogen-bond acceptors (Lipinski definition) is 1. The van der Waals surface area contributed by atoms with Crippen molar-refractivity contribution in [2.45, 2.75) is 213 Å². The quantitative estimate of drug-likeness (QED) is 0.0698. The van der Waals surface area contributed by atoms with E-state index in [4.69, 9.17) is 5.73 Å². The molecule has 2 nitrogen and oxygen atoms in total. The molecule has 0 saturated heterocycles. The van der Waals surface area contributed by atoms with Gasteiger partial charge >= 0.3 is 0 Å². The van der Waals surface area contributed by atoms with Gasteiger partial charge in [-0.3, -0.25) is 4.79 Å². The highest BCUT2D eigenvalue weighted by atomic mass is 16.1. The van der Waals surface area contributed by atoms with Crippen LogP contribution in [-0.4, -0.2) is 5.91 Å². The Hall–Kier alpha value is -0.790. The van der Waals surface area contributed by atoms with Crippen LogP contribution in [0.15, 0.2) is 11.1 Å². The van der Waals surface area contributed by atoms with E-state index in [-0.39, 0.29) is 5.91 Å². The van der Waals surface area contributed by atoms with Gasteiger partial charge in [-0.25, -0.2) is 0 Å². The molecular formula is C36H71NO. The lowest BCUT2D eigenvalue weighted by atomic mass is 9.95. The lowest BCUT2D eigenvalue weighted by Gasteiger charge is -2.11. The molecule has 0 aromatic carbocycles. The normalized spacial score (nSPS) is 11.2. The van der Waals surface area contributed by atoms with Crippen LogP contribution in [0.2, 0.25) is 0 Å². The molecule has 226 valence electrons. The van der Waals surface area contributed by atoms with Crippen LogP contribution in [0.4, 0.5) is 0 Å². The number of carbonyl (C=O) groups is 1. The number of amides is 1. The maximum absolute atomic E-state index is 11.8. The summed E-state index contributed by atoms with van der Waals surface area (Å²) in [5, 5.41) is 0. The third-order valence-electron chi connectivity index (χ3n) is 8.56. The minimum absolute atomic E-state index is 0.212. The molecule has 0 radical (unpaired) electrons. The second-order valence-corrected chi connectivity index (χ2v) is 12.3. The van der Waals surface area contributed by atoms with Crippen LogP contribution in [0.1, 0.15) is 213 Å². The summed E-state index contributed by atoms with van der Waals surface area (Å²) in [5.74, 6) is -0.212. The fourth-order valence-corrected chi connectivity index (χ4v) is 5.74. The topological polar surface area (TPSA) is 43.1 Å². The van der Waals surface area contributed by atoms with Crippen molar-refractivity contribution in [3.05, 3.63) is 11.1 Å². The average Bonchev–Trinajstić information content (AvgIpc) is 2.91. The van der Waals surface area contributed by atoms with Gasteiger partial charge in [-0.15, -0.1) is 0 Å². The SMILES string of the molecule is CCCCCCCCCCCCCCCCC(CCCCCCCCCCCCCCCC)=C(C)C(N)=O. The van der Waals surface area contributed by atoms with Gasteiger partial charge in [0.05, 0.1) is 0 Å². The molecule has 0 atom stereocenters. The van der Waals surface area contributed by atoms with E-state index >= 15 is 0 Å². The summed E-state index contributed by atoms with van der Waals surface area (Å²) in [6.45, 7) is 6.53. The molecule has 0 unspecified atom stereocenters. The molecule has 0 aliphatic carbocycles. The van der Waals surface area contributed by atoms with Gasteiger partial charge in [0.15, 0.2) is 0 Å². The monoisotopic (exact) mass is 534 g/mol. The maximum Gasteiger partial charge on any atom is 0.244 e. The summed E-state index contributed by atoms with van der Waals surface area (Å²) in [6, 6.07) is 0. The van der Waals surface area contributed by atoms with Crippen LogP contribution in [0.25, 0.3) is 0 Å². The highest BCUT2D eigenvalue weighted by molar-refractivity contribution is 5.92. The summed E-state index contributed by atoms with van der Waals surface area (Å²) in [5.41, 5.74) is 7.83. The van der Waals surface area contributed by atoms with E-state index in [0.717, 1.165) is 18.4 Å². The number of rotatable bonds is 31. The summed E-state index contributed by atoms with van der Waals surface area (Å²) in [4.78, 5) is 11.8. The Morgan fingerprint density at radius 1 is 0.395 bits per heavy atom. The van der Waals surface area contributed by atoms with Gasteiger partial charge in [0.2, 0.25) is 5.91 Å². The van der Waals surface area contributed by atoms with Crippen molar-refractivity contribution in [3.8, 4) is 0 Å². The van der Waals surface area contributed by atoms with Crippen molar-refractivity contribution in [2.24, 2.45) is 5.73 Å². The second kappa shape index (κ2) is 30.7. The Bertz CT molecular complexity index is 489. The molecule has 0 aromatic heterocycles. The number of unbranched alkanes of at least 4 members (excludes halogenated alkanes) is 26. The van der Waals surface area contributed by atoms with Crippen molar-refractivity contribution in [1.82, 2.24) is 0 Å². The Balaban J connectivity index is 3.68. The molecule has 0 heterocycles. The third kappa shape index (κ3) is 26.8. The first-order valence-corrected chi connectivity index (χ1v) is 17.6. The van der Waals surface area contributed by atoms with Crippen LogP contribution < -0.4 is 5.73 Å². The minimum atomic E-state index is -0.212. The fourth-order valence-electron chi connectivity index (χ4n) is 5.74. The number of nitrogens with two attached hydrogens (primary N) is 1. The van der Waals surface area contributed by atoms with Crippen LogP contribution >= 0.6 is 0 Å². The van der Waals surface area contributed by atoms with Crippen LogP contribution in [0.5, 0.6) is 0 Å². The number of carbonyl (C=O) groups excluding carboxylic acids is 1. The van der Waals surface area contributed by atoms with Crippen LogP contribution in [-0.2, 0) is 4.79 Å². The van der Waals surface area contributed by atoms with E-state index < -0.39 is 0 Å². The van der Waals surface area contributed by atoms with Crippen molar-refractivity contribution >= 4 is 5.91 Å². The first kappa shape index (κ1) is 37.2. The maximum atomic E-state index is 11.8. The number of hydrogen-bond donors (Lipinski definition) is 1. The third-order valence-corrected chi connectivity index (χ3v) is 8.56. The molecule has 0 aromatic rings. The van der Waals surface area contributed by atoms with Crippen molar-refractivity contribution < 1.29 is 4.79 Å². The molecule has 0 spiro atoms. The largest absolute Gasteiger partial charge is 0.366 e. The smallest absolute Gasteiger partial charge is 0.244 e. The van der Waals surface area contributed by atoms with E-state index in [0.29, 0.717) is 0 Å². The predicted octanol–water partition coefficient (Wildman–Crippen LogP) is 12.5. The predicted molar refractivity (Wildman–Crippen MR) is 172 cm³/mol. The first-order chi connectivity index (χ1) is 18.6. The van der Waals surface area contributed by atoms with Gasteiger partial charge < -0.3 is 5.73 Å². The zero-order chi connectivity index (χ0) is 27.9. The van der Waals surface area contributed by atoms with Gasteiger partial charge in [-0.05, 0) is 32.6 Å². The minimum Gasteiger partial charge on any atom is -0.366 e. The summed E-state index contributed by atoms with van der Waals surface area (Å²) in [7, 11) is 0. The molecule has 38 heavy (non-hydrogen) atoms. The number of allylic oxidation sites excluding steroid dienone is 1. The molecule has 0 saturated carbocycles. The molecule has 0 bridgehead atoms. The number of primary amides is 1. The van der Waals surface area contributed by atoms with E-state index in [2.05, 4.69) is 13.8 Å². The van der Waals surface area contributed by atoms with Crippen molar-refractivity contribution in [3.63, 3.8) is 0 Å². The molecule has 1 amide bonds. The molecule has 0 aliphatic heterocycles. The molecule has 0 fully saturated rings. The molecule has 0 rings (SSSR count). The van der Waals surface area contributed by atoms with E-state index in [1.54, 1.807) is 0 Å². The molecule has 0 aliphatic rings. The highest BCUT2D eigenvalue weighted by Gasteiger charge is 2.08. The average molecular weight is 534 g/mol. The lowest BCUT2D eigenvalue weighted by Crippen LogP contribution is -2.14. The van der Waals surface area contributed by atoms with Gasteiger partial charge in [0.25, 0.3) is 0 Å². The van der Waals surface area contributed by atoms with Gasteiger partial charge in [0.1, 0.15) is 0 Å². The molecule has 2 N–H and O–H groups in total. The Labute approximate surface area is 240 Å². The zero-order valence-electron chi connectivity index (χ0n) is 26.7. The van der Waals surface area contributed by atoms with Crippen molar-refractivity contribution in [2.75, 3.05) is 0 Å². The summed E-state index contributed by atoms with van der Waals surface area (Å²) >= 11 is 0. The van der Waals surface area contributed by atoms with E-state index in [1.807, 2.05) is 6.92 Å². The summed E-state index contributed by atoms with van der Waals surface area (Å²) < 4.78 is 0. The van der Waals surface area contributed by atoms with Gasteiger partial charge in [0, 0.05) is 5.57 Å². The van der Waals surface area contributed by atoms with Gasteiger partial charge in [-0.1, -0.05) is 186 Å². The fraction of sp³-hybridized carbons (Fsp3) is 0.917. The van der Waals surface area contributed by atoms with E-state index in [1.165, 1.54) is 185 Å². The second-order valence-electron chi connectivity index (χ2n) is 12.3. The van der Waals surface area contributed by atoms with Gasteiger partial charge in [-0.2, -0.15) is 0 Å².